The van der Waals surface area contributed by atoms with Crippen molar-refractivity contribution >= 4 is 11.8 Å². The van der Waals surface area contributed by atoms with Crippen molar-refractivity contribution in [1.82, 2.24) is 0 Å². The molecule has 0 radical (unpaired) electrons. The Bertz CT molecular complexity index is 310. The maximum atomic E-state index is 9.11. The Morgan fingerprint density at radius 3 is 2.64 bits per heavy atom. The highest BCUT2D eigenvalue weighted by molar-refractivity contribution is 8.03. The van der Waals surface area contributed by atoms with Crippen LogP contribution >= 0.6 is 11.8 Å². The fourth-order valence-electron chi connectivity index (χ4n) is 1.88. The minimum atomic E-state index is 0.0933. The van der Waals surface area contributed by atoms with Crippen LogP contribution in [0, 0.1) is 0 Å². The topological polar surface area (TPSA) is 20.2 Å². The van der Waals surface area contributed by atoms with E-state index in [0.717, 1.165) is 12.8 Å². The normalized spacial score (nSPS) is 25.5. The summed E-state index contributed by atoms with van der Waals surface area (Å²) in [6.07, 6.45) is 4.05. The van der Waals surface area contributed by atoms with Crippen LogP contribution in [0.25, 0.3) is 0 Å². The first-order valence-corrected chi connectivity index (χ1v) is 5.75. The van der Waals surface area contributed by atoms with Crippen molar-refractivity contribution in [3.8, 4) is 0 Å². The van der Waals surface area contributed by atoms with Crippen molar-refractivity contribution in [2.24, 2.45) is 0 Å². The number of thioether (sulfide) groups is 1. The molecule has 1 aromatic rings. The van der Waals surface area contributed by atoms with Crippen molar-refractivity contribution in [1.29, 1.82) is 0 Å². The summed E-state index contributed by atoms with van der Waals surface area (Å²) in [5.74, 6) is 0. The molecule has 0 spiro atoms. The Kier molecular flexibility index (Phi) is 2.94. The Morgan fingerprint density at radius 1 is 1.29 bits per heavy atom. The van der Waals surface area contributed by atoms with Gasteiger partial charge in [-0.05, 0) is 23.8 Å². The molecule has 0 fully saturated rings. The molecular weight excluding hydrogens is 192 g/mol. The highest BCUT2D eigenvalue weighted by atomic mass is 32.2. The molecule has 1 aliphatic rings. The lowest BCUT2D eigenvalue weighted by atomic mass is 9.92. The number of hydrogen-bond donors (Lipinski definition) is 1. The van der Waals surface area contributed by atoms with Crippen molar-refractivity contribution < 1.29 is 5.11 Å². The Balaban J connectivity index is 2.28. The molecule has 14 heavy (non-hydrogen) atoms. The predicted molar refractivity (Wildman–Crippen MR) is 61.2 cm³/mol. The highest BCUT2D eigenvalue weighted by Gasteiger charge is 2.32. The van der Waals surface area contributed by atoms with Crippen LogP contribution in [0.2, 0.25) is 0 Å². The van der Waals surface area contributed by atoms with Crippen molar-refractivity contribution in [2.45, 2.75) is 17.6 Å². The maximum absolute atomic E-state index is 9.11. The van der Waals surface area contributed by atoms with Gasteiger partial charge in [0.05, 0.1) is 4.75 Å². The average Bonchev–Trinajstić information content (AvgIpc) is 2.70. The molecule has 0 saturated carbocycles. The molecule has 1 aliphatic heterocycles. The number of aliphatic hydroxyl groups excluding tert-OH is 1. The van der Waals surface area contributed by atoms with Gasteiger partial charge in [-0.2, -0.15) is 0 Å². The van der Waals surface area contributed by atoms with Gasteiger partial charge in [-0.15, -0.1) is 11.8 Å². The van der Waals surface area contributed by atoms with Crippen LogP contribution in [0.5, 0.6) is 0 Å². The zero-order valence-electron chi connectivity index (χ0n) is 8.02. The van der Waals surface area contributed by atoms with Gasteiger partial charge < -0.3 is 5.11 Å². The molecule has 0 saturated heterocycles. The van der Waals surface area contributed by atoms with E-state index in [0.29, 0.717) is 0 Å². The summed E-state index contributed by atoms with van der Waals surface area (Å²) in [5.41, 5.74) is 1.32. The van der Waals surface area contributed by atoms with Gasteiger partial charge in [0.1, 0.15) is 0 Å². The van der Waals surface area contributed by atoms with E-state index in [-0.39, 0.29) is 11.4 Å². The van der Waals surface area contributed by atoms with E-state index >= 15 is 0 Å². The van der Waals surface area contributed by atoms with Crippen LogP contribution in [-0.2, 0) is 4.75 Å². The average molecular weight is 206 g/mol. The summed E-state index contributed by atoms with van der Waals surface area (Å²) in [4.78, 5) is 0. The fourth-order valence-corrected chi connectivity index (χ4v) is 3.01. The maximum Gasteiger partial charge on any atom is 0.0505 e. The summed E-state index contributed by atoms with van der Waals surface area (Å²) in [6, 6.07) is 10.5. The van der Waals surface area contributed by atoms with E-state index in [2.05, 4.69) is 35.7 Å². The van der Waals surface area contributed by atoms with Gasteiger partial charge in [0.25, 0.3) is 0 Å². The number of aliphatic hydroxyl groups is 1. The molecule has 2 rings (SSSR count). The first-order valence-electron chi connectivity index (χ1n) is 4.87. The molecule has 74 valence electrons. The number of hydrogen-bond acceptors (Lipinski definition) is 2. The second kappa shape index (κ2) is 4.20. The summed E-state index contributed by atoms with van der Waals surface area (Å²) < 4.78 is 0.0933. The quantitative estimate of drug-likeness (QED) is 0.820. The minimum absolute atomic E-state index is 0.0933. The smallest absolute Gasteiger partial charge is 0.0505 e. The fraction of sp³-hybridized carbons (Fsp3) is 0.333. The van der Waals surface area contributed by atoms with Crippen LogP contribution in [0.15, 0.2) is 41.8 Å². The van der Waals surface area contributed by atoms with E-state index in [4.69, 9.17) is 5.11 Å². The molecule has 0 aliphatic carbocycles. The van der Waals surface area contributed by atoms with Crippen LogP contribution < -0.4 is 0 Å². The van der Waals surface area contributed by atoms with Gasteiger partial charge in [-0.1, -0.05) is 36.4 Å². The first-order chi connectivity index (χ1) is 6.87. The third kappa shape index (κ3) is 1.72. The molecule has 1 nitrogen and oxygen atoms in total. The molecule has 1 unspecified atom stereocenters. The number of benzene rings is 1. The molecule has 1 aromatic carbocycles. The first kappa shape index (κ1) is 9.81. The van der Waals surface area contributed by atoms with Crippen molar-refractivity contribution in [2.75, 3.05) is 6.61 Å². The molecule has 1 atom stereocenters. The Morgan fingerprint density at radius 2 is 2.07 bits per heavy atom. The van der Waals surface area contributed by atoms with E-state index in [1.807, 2.05) is 17.8 Å². The molecule has 1 heterocycles. The lowest BCUT2D eigenvalue weighted by Gasteiger charge is -2.27. The lowest BCUT2D eigenvalue weighted by Crippen LogP contribution is -2.20. The van der Waals surface area contributed by atoms with E-state index in [9.17, 15) is 0 Å². The van der Waals surface area contributed by atoms with Gasteiger partial charge in [-0.25, -0.2) is 0 Å². The summed E-state index contributed by atoms with van der Waals surface area (Å²) >= 11 is 1.83. The SMILES string of the molecule is OCCC1(c2ccccc2)CC=CS1. The molecule has 0 aromatic heterocycles. The Labute approximate surface area is 88.8 Å². The largest absolute Gasteiger partial charge is 0.396 e. The molecular formula is C12H14OS. The van der Waals surface area contributed by atoms with E-state index in [1.165, 1.54) is 5.56 Å². The number of rotatable bonds is 3. The third-order valence-electron chi connectivity index (χ3n) is 2.65. The van der Waals surface area contributed by atoms with Crippen LogP contribution in [0.3, 0.4) is 0 Å². The lowest BCUT2D eigenvalue weighted by molar-refractivity contribution is 0.269. The summed E-state index contributed by atoms with van der Waals surface area (Å²) in [6.45, 7) is 0.254. The second-order valence-electron chi connectivity index (χ2n) is 3.53. The van der Waals surface area contributed by atoms with Gasteiger partial charge in [-0.3, -0.25) is 0 Å². The van der Waals surface area contributed by atoms with E-state index < -0.39 is 0 Å². The summed E-state index contributed by atoms with van der Waals surface area (Å²) in [7, 11) is 0. The molecule has 2 heteroatoms. The zero-order valence-corrected chi connectivity index (χ0v) is 8.83. The monoisotopic (exact) mass is 206 g/mol. The van der Waals surface area contributed by atoms with Gasteiger partial charge >= 0.3 is 0 Å². The standard InChI is InChI=1S/C12H14OS/c13-9-8-12(7-4-10-14-12)11-5-2-1-3-6-11/h1-6,10,13H,7-9H2. The summed E-state index contributed by atoms with van der Waals surface area (Å²) in [5, 5.41) is 11.3. The minimum Gasteiger partial charge on any atom is -0.396 e. The van der Waals surface area contributed by atoms with Crippen molar-refractivity contribution in [3.63, 3.8) is 0 Å². The Hall–Kier alpha value is -0.730. The third-order valence-corrected chi connectivity index (χ3v) is 4.04. The molecule has 1 N–H and O–H groups in total. The molecule has 0 bridgehead atoms. The van der Waals surface area contributed by atoms with Gasteiger partial charge in [0, 0.05) is 6.61 Å². The predicted octanol–water partition coefficient (Wildman–Crippen LogP) is 2.91. The van der Waals surface area contributed by atoms with Crippen LogP contribution in [0.1, 0.15) is 18.4 Å². The van der Waals surface area contributed by atoms with Crippen molar-refractivity contribution in [3.05, 3.63) is 47.4 Å². The second-order valence-corrected chi connectivity index (χ2v) is 4.82. The van der Waals surface area contributed by atoms with E-state index in [1.54, 1.807) is 0 Å². The zero-order chi connectivity index (χ0) is 9.86. The van der Waals surface area contributed by atoms with Gasteiger partial charge in [0.15, 0.2) is 0 Å². The molecule has 0 amide bonds. The van der Waals surface area contributed by atoms with Crippen LogP contribution in [-0.4, -0.2) is 11.7 Å². The van der Waals surface area contributed by atoms with Gasteiger partial charge in [0.2, 0.25) is 0 Å². The van der Waals surface area contributed by atoms with Crippen LogP contribution in [0.4, 0.5) is 0 Å². The highest BCUT2D eigenvalue weighted by Crippen LogP contribution is 2.47. The number of allylic oxidation sites excluding steroid dienone is 1.